The average molecular weight is 295 g/mol. The Morgan fingerprint density at radius 1 is 1.24 bits per heavy atom. The van der Waals surface area contributed by atoms with Crippen LogP contribution >= 0.6 is 0 Å². The van der Waals surface area contributed by atoms with Gasteiger partial charge in [-0.25, -0.2) is 4.39 Å². The molecule has 0 amide bonds. The summed E-state index contributed by atoms with van der Waals surface area (Å²) in [5.74, 6) is -0.138. The second-order valence-electron chi connectivity index (χ2n) is 5.43. The van der Waals surface area contributed by atoms with Crippen molar-refractivity contribution in [2.24, 2.45) is 0 Å². The number of β-amino-alcohol motifs (C(OH)–C–C–N with tert-alkyl or cyclic N) is 1. The molecule has 4 nitrogen and oxygen atoms in total. The summed E-state index contributed by atoms with van der Waals surface area (Å²) in [6.07, 6.45) is 0.995. The third-order valence-electron chi connectivity index (χ3n) is 3.96. The maximum atomic E-state index is 14.3. The van der Waals surface area contributed by atoms with Gasteiger partial charge in [0.2, 0.25) is 0 Å². The largest absolute Gasteiger partial charge is 0.395 e. The van der Waals surface area contributed by atoms with Crippen LogP contribution in [0.2, 0.25) is 0 Å². The van der Waals surface area contributed by atoms with Crippen LogP contribution in [0.3, 0.4) is 0 Å². The van der Waals surface area contributed by atoms with Crippen molar-refractivity contribution in [1.29, 1.82) is 0 Å². The number of hydrogen-bond donors (Lipinski definition) is 2. The van der Waals surface area contributed by atoms with E-state index in [0.717, 1.165) is 50.4 Å². The number of aliphatic hydroxyl groups is 1. The predicted molar refractivity (Wildman–Crippen MR) is 84.1 cm³/mol. The molecule has 0 saturated carbocycles. The second kappa shape index (κ2) is 8.32. The van der Waals surface area contributed by atoms with Gasteiger partial charge in [-0.05, 0) is 31.1 Å². The van der Waals surface area contributed by atoms with E-state index in [4.69, 9.17) is 5.11 Å². The molecule has 1 fully saturated rings. The normalized spacial score (nSPS) is 17.0. The fourth-order valence-electron chi connectivity index (χ4n) is 2.88. The summed E-state index contributed by atoms with van der Waals surface area (Å²) in [7, 11) is 0. The average Bonchev–Trinajstić information content (AvgIpc) is 2.71. The van der Waals surface area contributed by atoms with Gasteiger partial charge in [0.1, 0.15) is 5.82 Å². The zero-order chi connectivity index (χ0) is 15.1. The van der Waals surface area contributed by atoms with E-state index in [-0.39, 0.29) is 12.4 Å². The highest BCUT2D eigenvalue weighted by Crippen LogP contribution is 2.25. The molecular weight excluding hydrogens is 269 g/mol. The summed E-state index contributed by atoms with van der Waals surface area (Å²) in [5.41, 5.74) is 1.76. The van der Waals surface area contributed by atoms with Crippen LogP contribution in [0, 0.1) is 5.82 Å². The Morgan fingerprint density at radius 3 is 2.86 bits per heavy atom. The fraction of sp³-hybridized carbons (Fsp3) is 0.625. The minimum absolute atomic E-state index is 0.138. The van der Waals surface area contributed by atoms with E-state index in [9.17, 15) is 4.39 Å². The van der Waals surface area contributed by atoms with Crippen LogP contribution in [0.4, 0.5) is 10.1 Å². The maximum absolute atomic E-state index is 14.3. The van der Waals surface area contributed by atoms with E-state index in [0.29, 0.717) is 13.1 Å². The summed E-state index contributed by atoms with van der Waals surface area (Å²) < 4.78 is 14.3. The number of para-hydroxylation sites is 1. The van der Waals surface area contributed by atoms with Gasteiger partial charge in [0.15, 0.2) is 0 Å². The molecule has 0 unspecified atom stereocenters. The number of hydrogen-bond acceptors (Lipinski definition) is 4. The molecular formula is C16H26FN3O. The molecule has 1 saturated heterocycles. The molecule has 1 aliphatic heterocycles. The van der Waals surface area contributed by atoms with Crippen LogP contribution in [0.1, 0.15) is 18.9 Å². The third kappa shape index (κ3) is 4.40. The van der Waals surface area contributed by atoms with Crippen molar-refractivity contribution in [2.45, 2.75) is 19.9 Å². The first-order valence-corrected chi connectivity index (χ1v) is 7.82. The van der Waals surface area contributed by atoms with Gasteiger partial charge >= 0.3 is 0 Å². The lowest BCUT2D eigenvalue weighted by Gasteiger charge is -2.26. The van der Waals surface area contributed by atoms with Crippen molar-refractivity contribution in [2.75, 3.05) is 50.8 Å². The zero-order valence-electron chi connectivity index (χ0n) is 12.8. The maximum Gasteiger partial charge on any atom is 0.146 e. The molecule has 2 N–H and O–H groups in total. The highest BCUT2D eigenvalue weighted by atomic mass is 19.1. The molecule has 1 aliphatic rings. The van der Waals surface area contributed by atoms with Gasteiger partial charge in [-0.3, -0.25) is 4.90 Å². The Bertz CT molecular complexity index is 442. The molecule has 21 heavy (non-hydrogen) atoms. The first kappa shape index (κ1) is 16.2. The number of rotatable bonds is 6. The standard InChI is InChI=1S/C16H26FN3O/c1-2-18-13-14-5-3-6-15(17)16(14)20-8-4-7-19(9-10-20)11-12-21/h3,5-6,18,21H,2,4,7-13H2,1H3. The van der Waals surface area contributed by atoms with Gasteiger partial charge in [-0.1, -0.05) is 19.1 Å². The van der Waals surface area contributed by atoms with Crippen molar-refractivity contribution >= 4 is 5.69 Å². The second-order valence-corrected chi connectivity index (χ2v) is 5.43. The van der Waals surface area contributed by atoms with Crippen LogP contribution < -0.4 is 10.2 Å². The number of aliphatic hydroxyl groups excluding tert-OH is 1. The van der Waals surface area contributed by atoms with Crippen LogP contribution in [0.15, 0.2) is 18.2 Å². The summed E-state index contributed by atoms with van der Waals surface area (Å²) >= 11 is 0. The summed E-state index contributed by atoms with van der Waals surface area (Å²) in [5, 5.41) is 12.3. The number of nitrogens with one attached hydrogen (secondary N) is 1. The van der Waals surface area contributed by atoms with Gasteiger partial charge in [0.25, 0.3) is 0 Å². The quantitative estimate of drug-likeness (QED) is 0.833. The van der Waals surface area contributed by atoms with Crippen molar-refractivity contribution in [3.63, 3.8) is 0 Å². The van der Waals surface area contributed by atoms with E-state index in [1.165, 1.54) is 0 Å². The van der Waals surface area contributed by atoms with Crippen molar-refractivity contribution in [1.82, 2.24) is 10.2 Å². The molecule has 5 heteroatoms. The van der Waals surface area contributed by atoms with E-state index in [1.54, 1.807) is 12.1 Å². The number of nitrogens with zero attached hydrogens (tertiary/aromatic N) is 2. The minimum atomic E-state index is -0.138. The molecule has 0 spiro atoms. The Kier molecular flexibility index (Phi) is 6.42. The molecule has 0 aliphatic carbocycles. The molecule has 0 bridgehead atoms. The Balaban J connectivity index is 2.12. The molecule has 1 heterocycles. The fourth-order valence-corrected chi connectivity index (χ4v) is 2.88. The topological polar surface area (TPSA) is 38.7 Å². The first-order valence-electron chi connectivity index (χ1n) is 7.82. The van der Waals surface area contributed by atoms with Crippen LogP contribution in [0.25, 0.3) is 0 Å². The van der Waals surface area contributed by atoms with E-state index >= 15 is 0 Å². The highest BCUT2D eigenvalue weighted by Gasteiger charge is 2.19. The molecule has 118 valence electrons. The summed E-state index contributed by atoms with van der Waals surface area (Å²) in [6, 6.07) is 5.32. The predicted octanol–water partition coefficient (Wildman–Crippen LogP) is 1.44. The summed E-state index contributed by atoms with van der Waals surface area (Å²) in [6.45, 7) is 8.02. The lowest BCUT2D eigenvalue weighted by atomic mass is 10.1. The Hall–Kier alpha value is -1.17. The smallest absolute Gasteiger partial charge is 0.146 e. The van der Waals surface area contributed by atoms with Gasteiger partial charge in [0, 0.05) is 32.7 Å². The molecule has 0 atom stereocenters. The van der Waals surface area contributed by atoms with Crippen LogP contribution in [0.5, 0.6) is 0 Å². The lowest BCUT2D eigenvalue weighted by molar-refractivity contribution is 0.204. The number of halogens is 1. The van der Waals surface area contributed by atoms with Crippen molar-refractivity contribution in [3.05, 3.63) is 29.6 Å². The number of benzene rings is 1. The molecule has 1 aromatic rings. The lowest BCUT2D eigenvalue weighted by Crippen LogP contribution is -2.33. The molecule has 0 radical (unpaired) electrons. The van der Waals surface area contributed by atoms with Crippen LogP contribution in [-0.4, -0.2) is 55.9 Å². The monoisotopic (exact) mass is 295 g/mol. The Labute approximate surface area is 126 Å². The molecule has 0 aromatic heterocycles. The summed E-state index contributed by atoms with van der Waals surface area (Å²) in [4.78, 5) is 4.39. The zero-order valence-corrected chi connectivity index (χ0v) is 12.8. The van der Waals surface area contributed by atoms with Gasteiger partial charge in [-0.15, -0.1) is 0 Å². The van der Waals surface area contributed by atoms with E-state index in [1.807, 2.05) is 6.07 Å². The van der Waals surface area contributed by atoms with Crippen molar-refractivity contribution in [3.8, 4) is 0 Å². The SMILES string of the molecule is CCNCc1cccc(F)c1N1CCCN(CCO)CC1. The minimum Gasteiger partial charge on any atom is -0.395 e. The highest BCUT2D eigenvalue weighted by molar-refractivity contribution is 5.55. The number of anilines is 1. The van der Waals surface area contributed by atoms with Gasteiger partial charge < -0.3 is 15.3 Å². The molecule has 1 aromatic carbocycles. The van der Waals surface area contributed by atoms with Crippen molar-refractivity contribution < 1.29 is 9.50 Å². The third-order valence-corrected chi connectivity index (χ3v) is 3.96. The van der Waals surface area contributed by atoms with E-state index in [2.05, 4.69) is 22.0 Å². The van der Waals surface area contributed by atoms with E-state index < -0.39 is 0 Å². The first-order chi connectivity index (χ1) is 10.3. The van der Waals surface area contributed by atoms with Gasteiger partial charge in [-0.2, -0.15) is 0 Å². The Morgan fingerprint density at radius 2 is 2.10 bits per heavy atom. The van der Waals surface area contributed by atoms with Crippen LogP contribution in [-0.2, 0) is 6.54 Å². The van der Waals surface area contributed by atoms with Gasteiger partial charge in [0.05, 0.1) is 12.3 Å². The molecule has 2 rings (SSSR count).